The monoisotopic (exact) mass is 281 g/mol. The number of nitrogens with zero attached hydrogens (tertiary/aromatic N) is 3. The largest absolute Gasteiger partial charge is 0.478 e. The average Bonchev–Trinajstić information content (AvgIpc) is 2.37. The maximum absolute atomic E-state index is 11.7. The van der Waals surface area contributed by atoms with Crippen molar-refractivity contribution in [3.8, 4) is 0 Å². The SMILES string of the molecule is CN(C)C(=O)CN(C)c1c(C(=O)O)cccc1[N+](=O)[O-]. The molecule has 0 saturated carbocycles. The van der Waals surface area contributed by atoms with Gasteiger partial charge in [-0.05, 0) is 6.07 Å². The number of amides is 1. The molecule has 0 atom stereocenters. The molecule has 108 valence electrons. The molecule has 0 radical (unpaired) electrons. The minimum absolute atomic E-state index is 0.0831. The minimum Gasteiger partial charge on any atom is -0.478 e. The number of carboxylic acids is 1. The molecule has 0 aliphatic carbocycles. The summed E-state index contributed by atoms with van der Waals surface area (Å²) in [6, 6.07) is 3.77. The molecule has 0 bridgehead atoms. The van der Waals surface area contributed by atoms with E-state index in [0.717, 1.165) is 0 Å². The number of nitro benzene ring substituents is 1. The molecule has 0 heterocycles. The van der Waals surface area contributed by atoms with E-state index >= 15 is 0 Å². The van der Waals surface area contributed by atoms with E-state index < -0.39 is 10.9 Å². The molecule has 0 saturated heterocycles. The van der Waals surface area contributed by atoms with Crippen LogP contribution in [0.25, 0.3) is 0 Å². The summed E-state index contributed by atoms with van der Waals surface area (Å²) in [6.07, 6.45) is 0. The van der Waals surface area contributed by atoms with Gasteiger partial charge in [0.25, 0.3) is 5.69 Å². The molecule has 0 aromatic heterocycles. The van der Waals surface area contributed by atoms with Gasteiger partial charge in [-0.2, -0.15) is 0 Å². The number of carbonyl (C=O) groups is 2. The predicted molar refractivity (Wildman–Crippen MR) is 72.0 cm³/mol. The number of carboxylic acid groups (broad SMARTS) is 1. The first-order valence-corrected chi connectivity index (χ1v) is 5.67. The van der Waals surface area contributed by atoms with Gasteiger partial charge in [-0.1, -0.05) is 6.07 Å². The fraction of sp³-hybridized carbons (Fsp3) is 0.333. The number of nitro groups is 1. The van der Waals surface area contributed by atoms with Gasteiger partial charge in [-0.3, -0.25) is 14.9 Å². The molecule has 1 N–H and O–H groups in total. The van der Waals surface area contributed by atoms with Crippen LogP contribution in [0.15, 0.2) is 18.2 Å². The lowest BCUT2D eigenvalue weighted by Gasteiger charge is -2.22. The summed E-state index contributed by atoms with van der Waals surface area (Å²) in [5, 5.41) is 20.1. The maximum Gasteiger partial charge on any atom is 0.338 e. The van der Waals surface area contributed by atoms with Crippen LogP contribution in [0.2, 0.25) is 0 Å². The summed E-state index contributed by atoms with van der Waals surface area (Å²) in [7, 11) is 4.54. The quantitative estimate of drug-likeness (QED) is 0.633. The van der Waals surface area contributed by atoms with E-state index in [9.17, 15) is 19.7 Å². The van der Waals surface area contributed by atoms with Gasteiger partial charge in [0.1, 0.15) is 5.69 Å². The van der Waals surface area contributed by atoms with Crippen molar-refractivity contribution in [1.29, 1.82) is 0 Å². The van der Waals surface area contributed by atoms with Crippen LogP contribution in [0.1, 0.15) is 10.4 Å². The second-order valence-electron chi connectivity index (χ2n) is 4.38. The highest BCUT2D eigenvalue weighted by Gasteiger charge is 2.25. The Morgan fingerprint density at radius 1 is 1.30 bits per heavy atom. The van der Waals surface area contributed by atoms with Crippen molar-refractivity contribution in [3.05, 3.63) is 33.9 Å². The van der Waals surface area contributed by atoms with E-state index in [1.807, 2.05) is 0 Å². The van der Waals surface area contributed by atoms with Gasteiger partial charge in [0.15, 0.2) is 0 Å². The molecule has 1 amide bonds. The van der Waals surface area contributed by atoms with Gasteiger partial charge in [-0.15, -0.1) is 0 Å². The molecular formula is C12H15N3O5. The van der Waals surface area contributed by atoms with E-state index in [2.05, 4.69) is 0 Å². The van der Waals surface area contributed by atoms with Crippen molar-refractivity contribution in [3.63, 3.8) is 0 Å². The second-order valence-corrected chi connectivity index (χ2v) is 4.38. The summed E-state index contributed by atoms with van der Waals surface area (Å²) in [5.41, 5.74) is -0.646. The van der Waals surface area contributed by atoms with Gasteiger partial charge >= 0.3 is 5.97 Å². The molecule has 1 rings (SSSR count). The third kappa shape index (κ3) is 3.22. The Balaban J connectivity index is 3.29. The molecule has 0 aliphatic rings. The van der Waals surface area contributed by atoms with E-state index in [0.29, 0.717) is 0 Å². The number of benzene rings is 1. The number of hydrogen-bond acceptors (Lipinski definition) is 5. The normalized spacial score (nSPS) is 9.95. The van der Waals surface area contributed by atoms with E-state index in [1.54, 1.807) is 14.1 Å². The van der Waals surface area contributed by atoms with E-state index in [4.69, 9.17) is 5.11 Å². The van der Waals surface area contributed by atoms with Gasteiger partial charge in [0, 0.05) is 27.2 Å². The van der Waals surface area contributed by atoms with Crippen molar-refractivity contribution in [2.45, 2.75) is 0 Å². The topological polar surface area (TPSA) is 104 Å². The molecule has 8 heteroatoms. The molecule has 0 fully saturated rings. The number of anilines is 1. The lowest BCUT2D eigenvalue weighted by Crippen LogP contribution is -2.35. The van der Waals surface area contributed by atoms with Gasteiger partial charge in [0.2, 0.25) is 5.91 Å². The number of hydrogen-bond donors (Lipinski definition) is 1. The highest BCUT2D eigenvalue weighted by Crippen LogP contribution is 2.31. The zero-order valence-electron chi connectivity index (χ0n) is 11.4. The molecule has 0 spiro atoms. The fourth-order valence-electron chi connectivity index (χ4n) is 1.68. The van der Waals surface area contributed by atoms with Crippen LogP contribution < -0.4 is 4.90 Å². The maximum atomic E-state index is 11.7. The summed E-state index contributed by atoms with van der Waals surface area (Å²) in [4.78, 5) is 35.8. The van der Waals surface area contributed by atoms with Crippen molar-refractivity contribution in [2.24, 2.45) is 0 Å². The lowest BCUT2D eigenvalue weighted by atomic mass is 10.1. The fourth-order valence-corrected chi connectivity index (χ4v) is 1.68. The first-order chi connectivity index (χ1) is 9.25. The molecule has 0 unspecified atom stereocenters. The number of carbonyl (C=O) groups excluding carboxylic acids is 1. The number of aromatic carboxylic acids is 1. The van der Waals surface area contributed by atoms with Crippen LogP contribution in [0, 0.1) is 10.1 Å². The zero-order valence-corrected chi connectivity index (χ0v) is 11.4. The van der Waals surface area contributed by atoms with Crippen LogP contribution in [0.4, 0.5) is 11.4 Å². The molecule has 20 heavy (non-hydrogen) atoms. The van der Waals surface area contributed by atoms with Crippen LogP contribution in [0.5, 0.6) is 0 Å². The Kier molecular flexibility index (Phi) is 4.63. The first-order valence-electron chi connectivity index (χ1n) is 5.67. The Hall–Kier alpha value is -2.64. The van der Waals surface area contributed by atoms with Crippen molar-refractivity contribution in [2.75, 3.05) is 32.6 Å². The predicted octanol–water partition coefficient (Wildman–Crippen LogP) is 0.817. The summed E-state index contributed by atoms with van der Waals surface area (Å²) >= 11 is 0. The van der Waals surface area contributed by atoms with Gasteiger partial charge in [-0.25, -0.2) is 4.79 Å². The molecule has 0 aliphatic heterocycles. The molecule has 8 nitrogen and oxygen atoms in total. The van der Waals surface area contributed by atoms with Crippen LogP contribution in [-0.4, -0.2) is 54.5 Å². The summed E-state index contributed by atoms with van der Waals surface area (Å²) in [6.45, 7) is -0.155. The average molecular weight is 281 g/mol. The molecular weight excluding hydrogens is 266 g/mol. The summed E-state index contributed by atoms with van der Waals surface area (Å²) in [5.74, 6) is -1.57. The van der Waals surface area contributed by atoms with Crippen molar-refractivity contribution < 1.29 is 19.6 Å². The number of para-hydroxylation sites is 1. The van der Waals surface area contributed by atoms with Crippen LogP contribution in [-0.2, 0) is 4.79 Å². The van der Waals surface area contributed by atoms with Gasteiger partial charge in [0.05, 0.1) is 17.0 Å². The van der Waals surface area contributed by atoms with Crippen LogP contribution >= 0.6 is 0 Å². The summed E-state index contributed by atoms with van der Waals surface area (Å²) < 4.78 is 0. The van der Waals surface area contributed by atoms with Gasteiger partial charge < -0.3 is 14.9 Å². The Morgan fingerprint density at radius 3 is 2.35 bits per heavy atom. The Morgan fingerprint density at radius 2 is 1.90 bits per heavy atom. The molecule has 1 aromatic carbocycles. The smallest absolute Gasteiger partial charge is 0.338 e. The van der Waals surface area contributed by atoms with Crippen molar-refractivity contribution >= 4 is 23.3 Å². The Bertz CT molecular complexity index is 524. The standard InChI is InChI=1S/C12H15N3O5/c1-13(2)10(16)7-14(3)11-8(12(17)18)5-4-6-9(11)15(19)20/h4-6H,7H2,1-3H3,(H,17,18). The van der Waals surface area contributed by atoms with E-state index in [-0.39, 0.29) is 29.4 Å². The van der Waals surface area contributed by atoms with Crippen molar-refractivity contribution in [1.82, 2.24) is 4.90 Å². The Labute approximate surface area is 115 Å². The number of rotatable bonds is 5. The highest BCUT2D eigenvalue weighted by molar-refractivity contribution is 5.98. The first kappa shape index (κ1) is 15.4. The highest BCUT2D eigenvalue weighted by atomic mass is 16.6. The third-order valence-electron chi connectivity index (χ3n) is 2.69. The lowest BCUT2D eigenvalue weighted by molar-refractivity contribution is -0.384. The molecule has 1 aromatic rings. The van der Waals surface area contributed by atoms with E-state index in [1.165, 1.54) is 35.0 Å². The van der Waals surface area contributed by atoms with Crippen LogP contribution in [0.3, 0.4) is 0 Å². The number of likely N-dealkylation sites (N-methyl/N-ethyl adjacent to an activating group) is 2. The minimum atomic E-state index is -1.28. The zero-order chi connectivity index (χ0) is 15.4. The third-order valence-corrected chi connectivity index (χ3v) is 2.69. The second kappa shape index (κ2) is 6.00.